The number of hydrogen-bond acceptors (Lipinski definition) is 10. The van der Waals surface area contributed by atoms with Crippen molar-refractivity contribution in [1.82, 2.24) is 0 Å². The highest BCUT2D eigenvalue weighted by molar-refractivity contribution is 6.02. The van der Waals surface area contributed by atoms with E-state index < -0.39 is 76.8 Å². The molecule has 1 aliphatic heterocycles. The Morgan fingerprint density at radius 3 is 2.42 bits per heavy atom. The summed E-state index contributed by atoms with van der Waals surface area (Å²) >= 11 is 0. The molecule has 1 aromatic heterocycles. The van der Waals surface area contributed by atoms with Crippen LogP contribution in [0.15, 0.2) is 45.8 Å². The Labute approximate surface area is 251 Å². The molecule has 2 saturated carbocycles. The van der Waals surface area contributed by atoms with Gasteiger partial charge < -0.3 is 28.8 Å². The molecule has 2 N–H and O–H groups in total. The highest BCUT2D eigenvalue weighted by atomic mass is 16.6. The molecule has 0 radical (unpaired) electrons. The number of ketones is 2. The molecule has 0 spiro atoms. The van der Waals surface area contributed by atoms with E-state index in [2.05, 4.69) is 0 Å². The normalized spacial score (nSPS) is 40.8. The molecule has 43 heavy (non-hydrogen) atoms. The summed E-state index contributed by atoms with van der Waals surface area (Å²) in [6, 6.07) is 1.79. The highest BCUT2D eigenvalue weighted by Crippen LogP contribution is 2.70. The van der Waals surface area contributed by atoms with Gasteiger partial charge in [-0.25, -0.2) is 4.79 Å². The number of carbonyl (C=O) groups excluding carboxylic acids is 4. The number of ether oxygens (including phenoxy) is 3. The van der Waals surface area contributed by atoms with Crippen LogP contribution in [-0.4, -0.2) is 71.3 Å². The molecule has 10 nitrogen and oxygen atoms in total. The van der Waals surface area contributed by atoms with Gasteiger partial charge in [0.1, 0.15) is 18.8 Å². The third kappa shape index (κ3) is 4.39. The van der Waals surface area contributed by atoms with Crippen molar-refractivity contribution in [1.29, 1.82) is 0 Å². The number of esters is 2. The topological polar surface area (TPSA) is 150 Å². The monoisotopic (exact) mass is 598 g/mol. The van der Waals surface area contributed by atoms with E-state index in [0.29, 0.717) is 16.7 Å². The number of furan rings is 1. The SMILES string of the molecule is C/C=C(\C)C(=O)O[C@H]1C[C@@H](OC(C)=O)[C@@]2(C)CO[C@H]3[C@@H](O)[C@@](C)(C4=C(C)[C@H](c5ccoc5)CC4=O)[C@H](C(=O)CO)[C@]1(C)[C@@H]32. The molecular weight excluding hydrogens is 556 g/mol. The van der Waals surface area contributed by atoms with Crippen molar-refractivity contribution in [3.8, 4) is 0 Å². The molecule has 1 aromatic rings. The summed E-state index contributed by atoms with van der Waals surface area (Å²) in [5.41, 5.74) is -1.39. The van der Waals surface area contributed by atoms with Crippen LogP contribution in [0.4, 0.5) is 0 Å². The van der Waals surface area contributed by atoms with E-state index in [1.807, 2.05) is 20.8 Å². The summed E-state index contributed by atoms with van der Waals surface area (Å²) in [4.78, 5) is 53.5. The Balaban J connectivity index is 1.75. The van der Waals surface area contributed by atoms with Crippen LogP contribution >= 0.6 is 0 Å². The summed E-state index contributed by atoms with van der Waals surface area (Å²) in [6.45, 7) is 11.2. The second kappa shape index (κ2) is 10.8. The number of rotatable bonds is 7. The van der Waals surface area contributed by atoms with Crippen molar-refractivity contribution in [3.05, 3.63) is 47.0 Å². The molecular formula is C33H42O10. The Morgan fingerprint density at radius 1 is 1.14 bits per heavy atom. The first kappa shape index (κ1) is 31.3. The van der Waals surface area contributed by atoms with Gasteiger partial charge in [-0.3, -0.25) is 14.4 Å². The number of Topliss-reactive ketones (excluding diaryl/α,β-unsaturated/α-hetero) is 2. The minimum atomic E-state index is -1.50. The first-order chi connectivity index (χ1) is 20.2. The number of hydrogen-bond donors (Lipinski definition) is 2. The zero-order chi connectivity index (χ0) is 31.6. The van der Waals surface area contributed by atoms with Crippen LogP contribution in [0.2, 0.25) is 0 Å². The number of allylic oxidation sites excluding steroid dienone is 2. The second-order valence-corrected chi connectivity index (χ2v) is 13.4. The summed E-state index contributed by atoms with van der Waals surface area (Å²) in [5, 5.41) is 22.7. The molecule has 0 unspecified atom stereocenters. The van der Waals surface area contributed by atoms with Crippen LogP contribution in [0, 0.1) is 28.1 Å². The van der Waals surface area contributed by atoms with Gasteiger partial charge in [-0.2, -0.15) is 0 Å². The molecule has 0 aromatic carbocycles. The van der Waals surface area contributed by atoms with Gasteiger partial charge in [0.15, 0.2) is 11.6 Å². The van der Waals surface area contributed by atoms with Crippen LogP contribution in [0.3, 0.4) is 0 Å². The number of aliphatic hydroxyl groups is 2. The molecule has 10 atom stereocenters. The van der Waals surface area contributed by atoms with E-state index in [9.17, 15) is 29.4 Å². The fourth-order valence-corrected chi connectivity index (χ4v) is 9.27. The molecule has 3 fully saturated rings. The number of carbonyl (C=O) groups is 4. The zero-order valence-electron chi connectivity index (χ0n) is 25.8. The minimum Gasteiger partial charge on any atom is -0.472 e. The van der Waals surface area contributed by atoms with Crippen molar-refractivity contribution < 1.29 is 48.0 Å². The molecule has 4 aliphatic rings. The fourth-order valence-electron chi connectivity index (χ4n) is 9.27. The summed E-state index contributed by atoms with van der Waals surface area (Å²) in [7, 11) is 0. The Bertz CT molecular complexity index is 1390. The first-order valence-corrected chi connectivity index (χ1v) is 14.9. The van der Waals surface area contributed by atoms with Crippen LogP contribution in [0.1, 0.15) is 72.8 Å². The van der Waals surface area contributed by atoms with Crippen LogP contribution in [-0.2, 0) is 33.4 Å². The molecule has 0 bridgehead atoms. The molecule has 3 aliphatic carbocycles. The average Bonchev–Trinajstić information content (AvgIpc) is 3.68. The summed E-state index contributed by atoms with van der Waals surface area (Å²) in [5.74, 6) is -3.98. The van der Waals surface area contributed by atoms with E-state index in [0.717, 1.165) is 5.56 Å². The van der Waals surface area contributed by atoms with Crippen LogP contribution in [0.5, 0.6) is 0 Å². The molecule has 234 valence electrons. The van der Waals surface area contributed by atoms with Crippen molar-refractivity contribution >= 4 is 23.5 Å². The van der Waals surface area contributed by atoms with Gasteiger partial charge >= 0.3 is 11.9 Å². The highest BCUT2D eigenvalue weighted by Gasteiger charge is 2.77. The third-order valence-corrected chi connectivity index (χ3v) is 11.2. The van der Waals surface area contributed by atoms with E-state index in [4.69, 9.17) is 18.6 Å². The standard InChI is InChI=1S/C33H42O10/c1-8-16(2)30(39)43-24-12-23(42-18(4)35)31(5)15-41-26-28(31)32(24,6)27(22(37)13-34)33(7,29(26)38)25-17(3)20(11-21(25)36)19-9-10-40-14-19/h8-10,14,20,23-24,26-29,34,38H,11-13,15H2,1-7H3/b16-8+/t20-,23-,24+,26-,27-,28+,29-,31-,32-,33+/m1/s1. The predicted molar refractivity (Wildman–Crippen MR) is 152 cm³/mol. The predicted octanol–water partition coefficient (Wildman–Crippen LogP) is 3.45. The lowest BCUT2D eigenvalue weighted by Gasteiger charge is -2.65. The van der Waals surface area contributed by atoms with Gasteiger partial charge in [-0.15, -0.1) is 0 Å². The van der Waals surface area contributed by atoms with Gasteiger partial charge in [-0.05, 0) is 32.4 Å². The van der Waals surface area contributed by atoms with E-state index >= 15 is 0 Å². The van der Waals surface area contributed by atoms with Crippen molar-refractivity contribution in [2.75, 3.05) is 13.2 Å². The lowest BCUT2D eigenvalue weighted by Crippen LogP contribution is -2.73. The van der Waals surface area contributed by atoms with Gasteiger partial charge in [0.05, 0.1) is 31.3 Å². The molecule has 0 amide bonds. The van der Waals surface area contributed by atoms with E-state index in [1.165, 1.54) is 13.2 Å². The number of aliphatic hydroxyl groups excluding tert-OH is 2. The first-order valence-electron chi connectivity index (χ1n) is 14.9. The molecule has 5 rings (SSSR count). The Kier molecular flexibility index (Phi) is 7.89. The van der Waals surface area contributed by atoms with Gasteiger partial charge in [0, 0.05) is 64.9 Å². The van der Waals surface area contributed by atoms with Gasteiger partial charge in [0.25, 0.3) is 0 Å². The average molecular weight is 599 g/mol. The van der Waals surface area contributed by atoms with Crippen molar-refractivity contribution in [3.63, 3.8) is 0 Å². The van der Waals surface area contributed by atoms with Gasteiger partial charge in [0.2, 0.25) is 0 Å². The van der Waals surface area contributed by atoms with Crippen molar-refractivity contribution in [2.45, 2.75) is 91.6 Å². The quantitative estimate of drug-likeness (QED) is 0.353. The Hall–Kier alpha value is -3.08. The Morgan fingerprint density at radius 2 is 1.84 bits per heavy atom. The van der Waals surface area contributed by atoms with E-state index in [1.54, 1.807) is 39.2 Å². The second-order valence-electron chi connectivity index (χ2n) is 13.4. The van der Waals surface area contributed by atoms with Crippen molar-refractivity contribution in [2.24, 2.45) is 28.1 Å². The van der Waals surface area contributed by atoms with Gasteiger partial charge in [-0.1, -0.05) is 32.4 Å². The zero-order valence-corrected chi connectivity index (χ0v) is 25.8. The largest absolute Gasteiger partial charge is 0.472 e. The summed E-state index contributed by atoms with van der Waals surface area (Å²) < 4.78 is 23.6. The maximum atomic E-state index is 14.1. The summed E-state index contributed by atoms with van der Waals surface area (Å²) in [6.07, 6.45) is 1.02. The fraction of sp³-hybridized carbons (Fsp3) is 0.636. The van der Waals surface area contributed by atoms with Crippen LogP contribution < -0.4 is 0 Å². The maximum absolute atomic E-state index is 14.1. The van der Waals surface area contributed by atoms with E-state index in [-0.39, 0.29) is 31.1 Å². The van der Waals surface area contributed by atoms with Crippen LogP contribution in [0.25, 0.3) is 0 Å². The molecule has 2 heterocycles. The maximum Gasteiger partial charge on any atom is 0.333 e. The third-order valence-electron chi connectivity index (χ3n) is 11.2. The smallest absolute Gasteiger partial charge is 0.333 e. The lowest BCUT2D eigenvalue weighted by molar-refractivity contribution is -0.250. The lowest BCUT2D eigenvalue weighted by atomic mass is 9.39. The molecule has 1 saturated heterocycles. The molecule has 10 heteroatoms. The minimum absolute atomic E-state index is 0.0763.